The second-order valence-electron chi connectivity index (χ2n) is 5.17. The summed E-state index contributed by atoms with van der Waals surface area (Å²) in [6.07, 6.45) is 8.76. The third-order valence-electron chi connectivity index (χ3n) is 4.29. The van der Waals surface area contributed by atoms with Crippen LogP contribution in [-0.4, -0.2) is 44.0 Å². The average molecular weight is 227 g/mol. The summed E-state index contributed by atoms with van der Waals surface area (Å²) >= 11 is 0. The predicted octanol–water partition coefficient (Wildman–Crippen LogP) is 2.40. The molecule has 1 aliphatic heterocycles. The van der Waals surface area contributed by atoms with Crippen molar-refractivity contribution in [3.8, 4) is 0 Å². The van der Waals surface area contributed by atoms with E-state index in [1.807, 2.05) is 0 Å². The summed E-state index contributed by atoms with van der Waals surface area (Å²) in [5.41, 5.74) is 0. The minimum absolute atomic E-state index is 0.305. The maximum atomic E-state index is 5.60. The average Bonchev–Trinajstić information content (AvgIpc) is 2.40. The van der Waals surface area contributed by atoms with E-state index in [4.69, 9.17) is 9.47 Å². The fourth-order valence-electron chi connectivity index (χ4n) is 3.22. The van der Waals surface area contributed by atoms with Crippen molar-refractivity contribution in [3.05, 3.63) is 0 Å². The maximum Gasteiger partial charge on any atom is 0.169 e. The maximum absolute atomic E-state index is 5.60. The molecule has 0 amide bonds. The molecule has 3 nitrogen and oxygen atoms in total. The summed E-state index contributed by atoms with van der Waals surface area (Å²) in [5, 5.41) is 0. The molecule has 0 aromatic carbocycles. The number of hydrogen-bond acceptors (Lipinski definition) is 3. The van der Waals surface area contributed by atoms with Crippen molar-refractivity contribution < 1.29 is 9.47 Å². The van der Waals surface area contributed by atoms with Gasteiger partial charge in [-0.3, -0.25) is 0 Å². The molecular weight excluding hydrogens is 202 g/mol. The first-order valence-electron chi connectivity index (χ1n) is 6.64. The molecule has 0 bridgehead atoms. The SMILES string of the molecule is COC1(OC)CCCC(N2CCCCC2)C1. The van der Waals surface area contributed by atoms with E-state index >= 15 is 0 Å². The molecule has 0 aromatic heterocycles. The Labute approximate surface area is 99.1 Å². The van der Waals surface area contributed by atoms with Gasteiger partial charge in [-0.1, -0.05) is 6.42 Å². The number of piperidine rings is 1. The van der Waals surface area contributed by atoms with E-state index in [-0.39, 0.29) is 5.79 Å². The zero-order valence-electron chi connectivity index (χ0n) is 10.7. The molecule has 0 N–H and O–H groups in total. The van der Waals surface area contributed by atoms with Crippen molar-refractivity contribution in [2.75, 3.05) is 27.3 Å². The van der Waals surface area contributed by atoms with Crippen molar-refractivity contribution in [2.24, 2.45) is 0 Å². The fraction of sp³-hybridized carbons (Fsp3) is 1.00. The molecule has 1 unspecified atom stereocenters. The molecule has 3 heteroatoms. The van der Waals surface area contributed by atoms with E-state index in [0.717, 1.165) is 12.8 Å². The van der Waals surface area contributed by atoms with E-state index in [9.17, 15) is 0 Å². The van der Waals surface area contributed by atoms with Gasteiger partial charge in [-0.25, -0.2) is 0 Å². The minimum Gasteiger partial charge on any atom is -0.353 e. The Bertz CT molecular complexity index is 210. The smallest absolute Gasteiger partial charge is 0.169 e. The first-order chi connectivity index (χ1) is 7.79. The molecule has 1 atom stereocenters. The van der Waals surface area contributed by atoms with Crippen LogP contribution in [0.1, 0.15) is 44.9 Å². The van der Waals surface area contributed by atoms with Crippen LogP contribution in [0.5, 0.6) is 0 Å². The Morgan fingerprint density at radius 1 is 1.00 bits per heavy atom. The van der Waals surface area contributed by atoms with Crippen LogP contribution in [-0.2, 0) is 9.47 Å². The van der Waals surface area contributed by atoms with Gasteiger partial charge in [0.1, 0.15) is 0 Å². The van der Waals surface area contributed by atoms with Gasteiger partial charge in [0.15, 0.2) is 5.79 Å². The molecule has 2 aliphatic rings. The number of nitrogens with zero attached hydrogens (tertiary/aromatic N) is 1. The minimum atomic E-state index is -0.305. The first kappa shape index (κ1) is 12.3. The fourth-order valence-corrected chi connectivity index (χ4v) is 3.22. The van der Waals surface area contributed by atoms with Crippen molar-refractivity contribution in [2.45, 2.75) is 56.8 Å². The molecule has 0 aromatic rings. The lowest BCUT2D eigenvalue weighted by molar-refractivity contribution is -0.233. The molecule has 94 valence electrons. The molecule has 1 aliphatic carbocycles. The van der Waals surface area contributed by atoms with Crippen LogP contribution < -0.4 is 0 Å². The van der Waals surface area contributed by atoms with E-state index in [1.54, 1.807) is 14.2 Å². The summed E-state index contributed by atoms with van der Waals surface area (Å²) in [6.45, 7) is 2.54. The molecule has 16 heavy (non-hydrogen) atoms. The lowest BCUT2D eigenvalue weighted by Gasteiger charge is -2.44. The third-order valence-corrected chi connectivity index (χ3v) is 4.29. The normalized spacial score (nSPS) is 31.5. The zero-order valence-corrected chi connectivity index (χ0v) is 10.7. The Balaban J connectivity index is 1.94. The van der Waals surface area contributed by atoms with Gasteiger partial charge >= 0.3 is 0 Å². The van der Waals surface area contributed by atoms with Crippen molar-refractivity contribution in [1.29, 1.82) is 0 Å². The van der Waals surface area contributed by atoms with E-state index in [0.29, 0.717) is 6.04 Å². The van der Waals surface area contributed by atoms with Crippen molar-refractivity contribution >= 4 is 0 Å². The van der Waals surface area contributed by atoms with E-state index in [2.05, 4.69) is 4.90 Å². The summed E-state index contributed by atoms with van der Waals surface area (Å²) in [7, 11) is 3.56. The Kier molecular flexibility index (Phi) is 4.22. The standard InChI is InChI=1S/C13H25NO2/c1-15-13(16-2)8-6-7-12(11-13)14-9-4-3-5-10-14/h12H,3-11H2,1-2H3. The van der Waals surface area contributed by atoms with Gasteiger partial charge in [-0.05, 0) is 38.8 Å². The third kappa shape index (κ3) is 2.58. The zero-order chi connectivity index (χ0) is 11.4. The second kappa shape index (κ2) is 5.48. The predicted molar refractivity (Wildman–Crippen MR) is 64.4 cm³/mol. The van der Waals surface area contributed by atoms with Crippen LogP contribution >= 0.6 is 0 Å². The monoisotopic (exact) mass is 227 g/mol. The lowest BCUT2D eigenvalue weighted by Crippen LogP contribution is -2.49. The highest BCUT2D eigenvalue weighted by molar-refractivity contribution is 4.87. The topological polar surface area (TPSA) is 21.7 Å². The van der Waals surface area contributed by atoms with Crippen LogP contribution in [0.3, 0.4) is 0 Å². The highest BCUT2D eigenvalue weighted by Crippen LogP contribution is 2.35. The molecule has 1 heterocycles. The van der Waals surface area contributed by atoms with Crippen LogP contribution in [0.15, 0.2) is 0 Å². The highest BCUT2D eigenvalue weighted by atomic mass is 16.7. The summed E-state index contributed by atoms with van der Waals surface area (Å²) in [5.74, 6) is -0.305. The Morgan fingerprint density at radius 2 is 1.69 bits per heavy atom. The van der Waals surface area contributed by atoms with Crippen molar-refractivity contribution in [3.63, 3.8) is 0 Å². The first-order valence-corrected chi connectivity index (χ1v) is 6.64. The largest absolute Gasteiger partial charge is 0.353 e. The van der Waals surface area contributed by atoms with Gasteiger partial charge in [0.05, 0.1) is 0 Å². The van der Waals surface area contributed by atoms with Gasteiger partial charge in [0.2, 0.25) is 0 Å². The summed E-state index contributed by atoms with van der Waals surface area (Å²) in [4.78, 5) is 2.65. The van der Waals surface area contributed by atoms with E-state index in [1.165, 1.54) is 45.2 Å². The molecular formula is C13H25NO2. The van der Waals surface area contributed by atoms with Gasteiger partial charge in [0, 0.05) is 33.1 Å². The van der Waals surface area contributed by atoms with Gasteiger partial charge in [-0.2, -0.15) is 0 Å². The van der Waals surface area contributed by atoms with Crippen LogP contribution in [0.2, 0.25) is 0 Å². The van der Waals surface area contributed by atoms with Gasteiger partial charge in [-0.15, -0.1) is 0 Å². The van der Waals surface area contributed by atoms with Gasteiger partial charge < -0.3 is 14.4 Å². The molecule has 0 radical (unpaired) electrons. The summed E-state index contributed by atoms with van der Waals surface area (Å²) < 4.78 is 11.2. The Hall–Kier alpha value is -0.120. The summed E-state index contributed by atoms with van der Waals surface area (Å²) in [6, 6.07) is 0.675. The molecule has 1 saturated carbocycles. The molecule has 2 fully saturated rings. The number of likely N-dealkylation sites (tertiary alicyclic amines) is 1. The number of hydrogen-bond donors (Lipinski definition) is 0. The van der Waals surface area contributed by atoms with Crippen LogP contribution in [0.4, 0.5) is 0 Å². The number of rotatable bonds is 3. The number of methoxy groups -OCH3 is 2. The Morgan fingerprint density at radius 3 is 2.31 bits per heavy atom. The second-order valence-corrected chi connectivity index (χ2v) is 5.17. The molecule has 0 spiro atoms. The van der Waals surface area contributed by atoms with Gasteiger partial charge in [0.25, 0.3) is 0 Å². The van der Waals surface area contributed by atoms with Crippen LogP contribution in [0.25, 0.3) is 0 Å². The van der Waals surface area contributed by atoms with Crippen molar-refractivity contribution in [1.82, 2.24) is 4.90 Å². The van der Waals surface area contributed by atoms with Crippen LogP contribution in [0, 0.1) is 0 Å². The number of ether oxygens (including phenoxy) is 2. The molecule has 1 saturated heterocycles. The lowest BCUT2D eigenvalue weighted by atomic mass is 9.87. The quantitative estimate of drug-likeness (QED) is 0.691. The van der Waals surface area contributed by atoms with E-state index < -0.39 is 0 Å². The molecule has 2 rings (SSSR count). The highest BCUT2D eigenvalue weighted by Gasteiger charge is 2.38.